The summed E-state index contributed by atoms with van der Waals surface area (Å²) < 4.78 is 5.88. The van der Waals surface area contributed by atoms with Crippen molar-refractivity contribution in [2.24, 2.45) is 5.92 Å². The zero-order valence-electron chi connectivity index (χ0n) is 15.1. The predicted octanol–water partition coefficient (Wildman–Crippen LogP) is 2.69. The number of rotatable bonds is 7. The Labute approximate surface area is 149 Å². The average molecular weight is 347 g/mol. The first-order valence-electron chi connectivity index (χ1n) is 9.04. The smallest absolute Gasteiger partial charge is 0.319 e. The molecule has 1 aromatic rings. The molecule has 138 valence electrons. The molecule has 3 N–H and O–H groups in total. The third-order valence-electron chi connectivity index (χ3n) is 4.61. The van der Waals surface area contributed by atoms with Crippen LogP contribution < -0.4 is 16.0 Å². The minimum Gasteiger partial charge on any atom is -0.376 e. The molecule has 25 heavy (non-hydrogen) atoms. The van der Waals surface area contributed by atoms with Crippen LogP contribution >= 0.6 is 0 Å². The monoisotopic (exact) mass is 347 g/mol. The summed E-state index contributed by atoms with van der Waals surface area (Å²) in [5.41, 5.74) is 1.60. The van der Waals surface area contributed by atoms with Crippen LogP contribution in [-0.2, 0) is 16.0 Å². The molecular formula is C19H29N3O3. The van der Waals surface area contributed by atoms with E-state index in [-0.39, 0.29) is 11.9 Å². The predicted molar refractivity (Wildman–Crippen MR) is 98.6 cm³/mol. The van der Waals surface area contributed by atoms with Gasteiger partial charge in [0, 0.05) is 19.3 Å². The van der Waals surface area contributed by atoms with E-state index in [1.54, 1.807) is 19.2 Å². The van der Waals surface area contributed by atoms with E-state index >= 15 is 0 Å². The van der Waals surface area contributed by atoms with Crippen LogP contribution in [0, 0.1) is 5.92 Å². The first kappa shape index (κ1) is 19.2. The molecule has 0 aliphatic heterocycles. The number of anilines is 1. The molecule has 2 atom stereocenters. The van der Waals surface area contributed by atoms with Crippen molar-refractivity contribution in [3.63, 3.8) is 0 Å². The Morgan fingerprint density at radius 1 is 1.16 bits per heavy atom. The van der Waals surface area contributed by atoms with Crippen molar-refractivity contribution < 1.29 is 14.3 Å². The topological polar surface area (TPSA) is 79.5 Å². The van der Waals surface area contributed by atoms with E-state index in [0.29, 0.717) is 37.3 Å². The van der Waals surface area contributed by atoms with E-state index in [4.69, 9.17) is 4.74 Å². The number of nitrogens with one attached hydrogen (secondary N) is 3. The zero-order chi connectivity index (χ0) is 18.1. The largest absolute Gasteiger partial charge is 0.376 e. The maximum Gasteiger partial charge on any atom is 0.319 e. The quantitative estimate of drug-likeness (QED) is 0.664. The van der Waals surface area contributed by atoms with Crippen molar-refractivity contribution in [3.05, 3.63) is 29.8 Å². The van der Waals surface area contributed by atoms with Crippen LogP contribution in [0.1, 0.15) is 38.2 Å². The number of likely N-dealkylation sites (N-methyl/N-ethyl adjacent to an activating group) is 1. The van der Waals surface area contributed by atoms with Gasteiger partial charge in [-0.25, -0.2) is 4.79 Å². The molecule has 6 heteroatoms. The highest BCUT2D eigenvalue weighted by Crippen LogP contribution is 2.25. The van der Waals surface area contributed by atoms with E-state index in [1.807, 2.05) is 12.1 Å². The summed E-state index contributed by atoms with van der Waals surface area (Å²) >= 11 is 0. The molecule has 2 unspecified atom stereocenters. The molecule has 0 bridgehead atoms. The van der Waals surface area contributed by atoms with E-state index < -0.39 is 0 Å². The summed E-state index contributed by atoms with van der Waals surface area (Å²) in [5, 5.41) is 8.16. The summed E-state index contributed by atoms with van der Waals surface area (Å²) in [6, 6.07) is 6.99. The lowest BCUT2D eigenvalue weighted by atomic mass is 9.88. The van der Waals surface area contributed by atoms with Crippen LogP contribution in [0.3, 0.4) is 0 Å². The van der Waals surface area contributed by atoms with Gasteiger partial charge in [-0.2, -0.15) is 0 Å². The molecule has 0 aromatic heterocycles. The summed E-state index contributed by atoms with van der Waals surface area (Å²) in [4.78, 5) is 23.2. The highest BCUT2D eigenvalue weighted by molar-refractivity contribution is 5.89. The summed E-state index contributed by atoms with van der Waals surface area (Å²) in [6.07, 6.45) is 5.54. The van der Waals surface area contributed by atoms with Crippen molar-refractivity contribution in [1.29, 1.82) is 0 Å². The molecular weight excluding hydrogens is 318 g/mol. The number of ether oxygens (including phenoxy) is 1. The minimum atomic E-state index is -0.251. The van der Waals surface area contributed by atoms with Gasteiger partial charge in [0.15, 0.2) is 0 Å². The molecule has 1 aliphatic rings. The SMILES string of the molecule is CNC(=O)Cc1ccc(NC(=O)NCCOC2CCCCC2C)cc1. The Kier molecular flexibility index (Phi) is 7.73. The second-order valence-corrected chi connectivity index (χ2v) is 6.60. The number of amides is 3. The standard InChI is InChI=1S/C19H29N3O3/c1-14-5-3-4-6-17(14)25-12-11-21-19(24)22-16-9-7-15(8-10-16)13-18(23)20-2/h7-10,14,17H,3-6,11-13H2,1-2H3,(H,20,23)(H2,21,22,24). The highest BCUT2D eigenvalue weighted by Gasteiger charge is 2.21. The molecule has 1 aliphatic carbocycles. The zero-order valence-corrected chi connectivity index (χ0v) is 15.1. The summed E-state index contributed by atoms with van der Waals surface area (Å²) in [6.45, 7) is 3.26. The number of benzene rings is 1. The van der Waals surface area contributed by atoms with Crippen molar-refractivity contribution in [2.45, 2.75) is 45.1 Å². The number of hydrogen-bond donors (Lipinski definition) is 3. The van der Waals surface area contributed by atoms with Gasteiger partial charge in [-0.15, -0.1) is 0 Å². The molecule has 0 spiro atoms. The number of hydrogen-bond acceptors (Lipinski definition) is 3. The average Bonchev–Trinajstić information content (AvgIpc) is 2.61. The molecule has 1 saturated carbocycles. The van der Waals surface area contributed by atoms with Crippen molar-refractivity contribution in [1.82, 2.24) is 10.6 Å². The Hall–Kier alpha value is -2.08. The van der Waals surface area contributed by atoms with Gasteiger partial charge >= 0.3 is 6.03 Å². The van der Waals surface area contributed by atoms with Gasteiger partial charge in [-0.3, -0.25) is 4.79 Å². The van der Waals surface area contributed by atoms with E-state index in [2.05, 4.69) is 22.9 Å². The lowest BCUT2D eigenvalue weighted by Crippen LogP contribution is -2.34. The molecule has 3 amide bonds. The first-order valence-corrected chi connectivity index (χ1v) is 9.04. The van der Waals surface area contributed by atoms with Gasteiger partial charge < -0.3 is 20.7 Å². The van der Waals surface area contributed by atoms with Crippen LogP contribution in [0.4, 0.5) is 10.5 Å². The van der Waals surface area contributed by atoms with Crippen LogP contribution in [0.25, 0.3) is 0 Å². The van der Waals surface area contributed by atoms with Crippen LogP contribution in [0.2, 0.25) is 0 Å². The Bertz CT molecular complexity index is 560. The third-order valence-corrected chi connectivity index (χ3v) is 4.61. The molecule has 2 rings (SSSR count). The minimum absolute atomic E-state index is 0.0364. The van der Waals surface area contributed by atoms with Crippen molar-refractivity contribution in [3.8, 4) is 0 Å². The Morgan fingerprint density at radius 3 is 2.56 bits per heavy atom. The highest BCUT2D eigenvalue weighted by atomic mass is 16.5. The van der Waals surface area contributed by atoms with Crippen LogP contribution in [-0.4, -0.2) is 38.2 Å². The van der Waals surface area contributed by atoms with E-state index in [1.165, 1.54) is 19.3 Å². The van der Waals surface area contributed by atoms with Crippen molar-refractivity contribution >= 4 is 17.6 Å². The Balaban J connectivity index is 1.65. The normalized spacial score (nSPS) is 19.9. The molecule has 6 nitrogen and oxygen atoms in total. The Morgan fingerprint density at radius 2 is 1.88 bits per heavy atom. The lowest BCUT2D eigenvalue weighted by molar-refractivity contribution is -0.119. The third kappa shape index (κ3) is 6.74. The number of carbonyl (C=O) groups excluding carboxylic acids is 2. The molecule has 1 aromatic carbocycles. The maximum absolute atomic E-state index is 11.9. The fraction of sp³-hybridized carbons (Fsp3) is 0.579. The van der Waals surface area contributed by atoms with E-state index in [9.17, 15) is 9.59 Å². The first-order chi connectivity index (χ1) is 12.1. The second kappa shape index (κ2) is 10.0. The molecule has 0 saturated heterocycles. The van der Waals surface area contributed by atoms with E-state index in [0.717, 1.165) is 12.0 Å². The molecule has 0 heterocycles. The lowest BCUT2D eigenvalue weighted by Gasteiger charge is -2.28. The number of carbonyl (C=O) groups is 2. The van der Waals surface area contributed by atoms with Crippen LogP contribution in [0.5, 0.6) is 0 Å². The van der Waals surface area contributed by atoms with Gasteiger partial charge in [0.1, 0.15) is 0 Å². The van der Waals surface area contributed by atoms with Gasteiger partial charge in [-0.05, 0) is 36.5 Å². The second-order valence-electron chi connectivity index (χ2n) is 6.60. The fourth-order valence-corrected chi connectivity index (χ4v) is 3.06. The van der Waals surface area contributed by atoms with Crippen LogP contribution in [0.15, 0.2) is 24.3 Å². The van der Waals surface area contributed by atoms with Gasteiger partial charge in [0.25, 0.3) is 0 Å². The fourth-order valence-electron chi connectivity index (χ4n) is 3.06. The van der Waals surface area contributed by atoms with Crippen molar-refractivity contribution in [2.75, 3.05) is 25.5 Å². The van der Waals surface area contributed by atoms with Gasteiger partial charge in [0.05, 0.1) is 19.1 Å². The van der Waals surface area contributed by atoms with Gasteiger partial charge in [-0.1, -0.05) is 31.9 Å². The maximum atomic E-state index is 11.9. The number of urea groups is 1. The molecule has 1 fully saturated rings. The van der Waals surface area contributed by atoms with Gasteiger partial charge in [0.2, 0.25) is 5.91 Å². The summed E-state index contributed by atoms with van der Waals surface area (Å²) in [7, 11) is 1.61. The molecule has 0 radical (unpaired) electrons. The summed E-state index contributed by atoms with van der Waals surface area (Å²) in [5.74, 6) is 0.571.